The molecule has 0 fully saturated rings. The third kappa shape index (κ3) is 4.86. The summed E-state index contributed by atoms with van der Waals surface area (Å²) in [7, 11) is 1.60. The Morgan fingerprint density at radius 1 is 1.30 bits per heavy atom. The maximum Gasteiger partial charge on any atom is 0.244 e. The molecule has 1 heterocycles. The number of rotatable bonds is 7. The number of carbonyl (C=O) groups is 1. The van der Waals surface area contributed by atoms with Crippen LogP contribution in [0.1, 0.15) is 22.9 Å². The Labute approximate surface area is 140 Å². The standard InChI is InChI=1S/C18H21NO3S/c1-4-22-16-11-14(5-7-15(16)21-3)6-8-18(20)19-12-17-13(2)9-10-23-17/h5-11H,4,12H2,1-3H3,(H,19,20)/b8-6+. The molecule has 5 heteroatoms. The SMILES string of the molecule is CCOc1cc(/C=C/C(=O)NCc2sccc2C)ccc1OC. The maximum atomic E-state index is 11.9. The predicted molar refractivity (Wildman–Crippen MR) is 94.1 cm³/mol. The van der Waals surface area contributed by atoms with Crippen LogP contribution in [0.25, 0.3) is 6.08 Å². The Balaban J connectivity index is 1.97. The van der Waals surface area contributed by atoms with Crippen LogP contribution in [0.3, 0.4) is 0 Å². The first-order valence-electron chi connectivity index (χ1n) is 7.43. The molecule has 2 rings (SSSR count). The van der Waals surface area contributed by atoms with Gasteiger partial charge in [0.25, 0.3) is 0 Å². The first-order chi connectivity index (χ1) is 11.1. The van der Waals surface area contributed by atoms with E-state index in [2.05, 4.69) is 11.4 Å². The fourth-order valence-corrected chi connectivity index (χ4v) is 2.89. The minimum atomic E-state index is -0.119. The molecule has 0 radical (unpaired) electrons. The molecule has 0 atom stereocenters. The molecule has 4 nitrogen and oxygen atoms in total. The van der Waals surface area contributed by atoms with Gasteiger partial charge in [0.05, 0.1) is 20.3 Å². The lowest BCUT2D eigenvalue weighted by Crippen LogP contribution is -2.19. The summed E-state index contributed by atoms with van der Waals surface area (Å²) in [5, 5.41) is 4.91. The van der Waals surface area contributed by atoms with E-state index in [9.17, 15) is 4.79 Å². The van der Waals surface area contributed by atoms with Gasteiger partial charge in [0.1, 0.15) is 0 Å². The van der Waals surface area contributed by atoms with Crippen LogP contribution in [-0.4, -0.2) is 19.6 Å². The molecule has 0 unspecified atom stereocenters. The van der Waals surface area contributed by atoms with E-state index in [0.717, 1.165) is 5.56 Å². The van der Waals surface area contributed by atoms with Crippen molar-refractivity contribution in [3.8, 4) is 11.5 Å². The summed E-state index contributed by atoms with van der Waals surface area (Å²) >= 11 is 1.65. The van der Waals surface area contributed by atoms with E-state index in [1.165, 1.54) is 16.5 Å². The van der Waals surface area contributed by atoms with Gasteiger partial charge in [0.15, 0.2) is 11.5 Å². The Bertz CT molecular complexity index is 691. The fourth-order valence-electron chi connectivity index (χ4n) is 2.05. The largest absolute Gasteiger partial charge is 0.493 e. The number of methoxy groups -OCH3 is 1. The number of hydrogen-bond donors (Lipinski definition) is 1. The molecule has 0 aliphatic carbocycles. The number of amides is 1. The van der Waals surface area contributed by atoms with Crippen molar-refractivity contribution in [3.05, 3.63) is 51.7 Å². The van der Waals surface area contributed by atoms with Crippen molar-refractivity contribution >= 4 is 23.3 Å². The van der Waals surface area contributed by atoms with Crippen LogP contribution in [0.15, 0.2) is 35.7 Å². The molecule has 1 N–H and O–H groups in total. The van der Waals surface area contributed by atoms with Gasteiger partial charge in [-0.15, -0.1) is 11.3 Å². The van der Waals surface area contributed by atoms with E-state index >= 15 is 0 Å². The Hall–Kier alpha value is -2.27. The molecular weight excluding hydrogens is 310 g/mol. The predicted octanol–water partition coefficient (Wildman–Crippen LogP) is 3.79. The van der Waals surface area contributed by atoms with Crippen molar-refractivity contribution in [2.75, 3.05) is 13.7 Å². The lowest BCUT2D eigenvalue weighted by molar-refractivity contribution is -0.116. The average Bonchev–Trinajstić information content (AvgIpc) is 2.96. The van der Waals surface area contributed by atoms with Gasteiger partial charge >= 0.3 is 0 Å². The maximum absolute atomic E-state index is 11.9. The first-order valence-corrected chi connectivity index (χ1v) is 8.31. The molecule has 1 aromatic heterocycles. The second-order valence-corrected chi connectivity index (χ2v) is 5.92. The number of hydrogen-bond acceptors (Lipinski definition) is 4. The molecule has 122 valence electrons. The Kier molecular flexibility index (Phi) is 6.23. The summed E-state index contributed by atoms with van der Waals surface area (Å²) in [6.07, 6.45) is 3.29. The van der Waals surface area contributed by atoms with Gasteiger partial charge < -0.3 is 14.8 Å². The van der Waals surface area contributed by atoms with Crippen molar-refractivity contribution < 1.29 is 14.3 Å². The lowest BCUT2D eigenvalue weighted by Gasteiger charge is -2.09. The quantitative estimate of drug-likeness (QED) is 0.785. The zero-order valence-electron chi connectivity index (χ0n) is 13.6. The van der Waals surface area contributed by atoms with Crippen LogP contribution in [0.5, 0.6) is 11.5 Å². The highest BCUT2D eigenvalue weighted by atomic mass is 32.1. The van der Waals surface area contributed by atoms with Gasteiger partial charge in [-0.3, -0.25) is 4.79 Å². The number of aryl methyl sites for hydroxylation is 1. The average molecular weight is 331 g/mol. The van der Waals surface area contributed by atoms with Gasteiger partial charge in [-0.25, -0.2) is 0 Å². The topological polar surface area (TPSA) is 47.6 Å². The van der Waals surface area contributed by atoms with Crippen LogP contribution in [0.4, 0.5) is 0 Å². The second-order valence-electron chi connectivity index (χ2n) is 4.92. The van der Waals surface area contributed by atoms with Gasteiger partial charge in [-0.1, -0.05) is 6.07 Å². The highest BCUT2D eigenvalue weighted by molar-refractivity contribution is 7.10. The molecule has 0 aliphatic rings. The zero-order chi connectivity index (χ0) is 16.7. The van der Waals surface area contributed by atoms with Crippen LogP contribution >= 0.6 is 11.3 Å². The van der Waals surface area contributed by atoms with E-state index in [1.54, 1.807) is 24.5 Å². The molecular formula is C18H21NO3S. The van der Waals surface area contributed by atoms with E-state index < -0.39 is 0 Å². The third-order valence-electron chi connectivity index (χ3n) is 3.31. The highest BCUT2D eigenvalue weighted by Crippen LogP contribution is 2.28. The number of nitrogens with one attached hydrogen (secondary N) is 1. The zero-order valence-corrected chi connectivity index (χ0v) is 14.4. The minimum Gasteiger partial charge on any atom is -0.493 e. The molecule has 0 spiro atoms. The normalized spacial score (nSPS) is 10.7. The molecule has 23 heavy (non-hydrogen) atoms. The van der Waals surface area contributed by atoms with Crippen LogP contribution in [0.2, 0.25) is 0 Å². The lowest BCUT2D eigenvalue weighted by atomic mass is 10.2. The van der Waals surface area contributed by atoms with Crippen molar-refractivity contribution in [3.63, 3.8) is 0 Å². The van der Waals surface area contributed by atoms with Gasteiger partial charge in [-0.05, 0) is 54.6 Å². The molecule has 1 aromatic carbocycles. The summed E-state index contributed by atoms with van der Waals surface area (Å²) in [5.41, 5.74) is 2.09. The van der Waals surface area contributed by atoms with Gasteiger partial charge in [-0.2, -0.15) is 0 Å². The third-order valence-corrected chi connectivity index (χ3v) is 4.33. The Morgan fingerprint density at radius 2 is 2.13 bits per heavy atom. The highest BCUT2D eigenvalue weighted by Gasteiger charge is 2.05. The van der Waals surface area contributed by atoms with Gasteiger partial charge in [0, 0.05) is 11.0 Å². The number of ether oxygens (including phenoxy) is 2. The van der Waals surface area contributed by atoms with Gasteiger partial charge in [0.2, 0.25) is 5.91 Å². The van der Waals surface area contributed by atoms with E-state index in [0.29, 0.717) is 24.7 Å². The number of carbonyl (C=O) groups excluding carboxylic acids is 1. The smallest absolute Gasteiger partial charge is 0.244 e. The van der Waals surface area contributed by atoms with E-state index in [4.69, 9.17) is 9.47 Å². The van der Waals surface area contributed by atoms with Crippen molar-refractivity contribution in [1.82, 2.24) is 5.32 Å². The van der Waals surface area contributed by atoms with E-state index in [1.807, 2.05) is 37.4 Å². The molecule has 1 amide bonds. The van der Waals surface area contributed by atoms with Crippen LogP contribution in [0, 0.1) is 6.92 Å². The summed E-state index contributed by atoms with van der Waals surface area (Å²) in [6.45, 7) is 5.08. The fraction of sp³-hybridized carbons (Fsp3) is 0.278. The number of benzene rings is 1. The van der Waals surface area contributed by atoms with Crippen molar-refractivity contribution in [1.29, 1.82) is 0 Å². The van der Waals surface area contributed by atoms with Crippen LogP contribution < -0.4 is 14.8 Å². The molecule has 0 saturated heterocycles. The van der Waals surface area contributed by atoms with Crippen molar-refractivity contribution in [2.24, 2.45) is 0 Å². The van der Waals surface area contributed by atoms with Crippen LogP contribution in [-0.2, 0) is 11.3 Å². The molecule has 0 saturated carbocycles. The summed E-state index contributed by atoms with van der Waals surface area (Å²) < 4.78 is 10.8. The van der Waals surface area contributed by atoms with E-state index in [-0.39, 0.29) is 5.91 Å². The monoisotopic (exact) mass is 331 g/mol. The summed E-state index contributed by atoms with van der Waals surface area (Å²) in [5.74, 6) is 1.24. The number of thiophene rings is 1. The first kappa shape index (κ1) is 17.1. The summed E-state index contributed by atoms with van der Waals surface area (Å²) in [6, 6.07) is 7.62. The second kappa shape index (κ2) is 8.39. The minimum absolute atomic E-state index is 0.119. The molecule has 0 aliphatic heterocycles. The molecule has 2 aromatic rings. The van der Waals surface area contributed by atoms with Crippen molar-refractivity contribution in [2.45, 2.75) is 20.4 Å². The Morgan fingerprint density at radius 3 is 2.78 bits per heavy atom. The molecule has 0 bridgehead atoms. The summed E-state index contributed by atoms with van der Waals surface area (Å²) in [4.78, 5) is 13.1.